The second kappa shape index (κ2) is 8.31. The van der Waals surface area contributed by atoms with Gasteiger partial charge in [-0.05, 0) is 50.3 Å². The third kappa shape index (κ3) is 4.36. The molecule has 1 aliphatic heterocycles. The number of aryl methyl sites for hydroxylation is 1. The molecular formula is C21H29N5O4S. The summed E-state index contributed by atoms with van der Waals surface area (Å²) in [5.41, 5.74) is 1.52. The lowest BCUT2D eigenvalue weighted by Crippen LogP contribution is -2.45. The fourth-order valence-corrected chi connectivity index (χ4v) is 5.98. The molecule has 4 rings (SSSR count). The van der Waals surface area contributed by atoms with E-state index < -0.39 is 15.6 Å². The van der Waals surface area contributed by atoms with Crippen molar-refractivity contribution in [2.45, 2.75) is 37.4 Å². The topological polar surface area (TPSA) is 107 Å². The molecule has 1 aromatic heterocycles. The highest BCUT2D eigenvalue weighted by Crippen LogP contribution is 2.50. The molecule has 1 aromatic carbocycles. The van der Waals surface area contributed by atoms with E-state index in [1.807, 2.05) is 4.90 Å². The van der Waals surface area contributed by atoms with Crippen molar-refractivity contribution >= 4 is 32.6 Å². The summed E-state index contributed by atoms with van der Waals surface area (Å²) in [6.07, 6.45) is 5.32. The second-order valence-corrected chi connectivity index (χ2v) is 11.3. The minimum Gasteiger partial charge on any atom is -0.385 e. The summed E-state index contributed by atoms with van der Waals surface area (Å²) in [6, 6.07) is 5.02. The number of carbonyl (C=O) groups is 2. The fraction of sp³-hybridized carbons (Fsp3) is 0.619. The van der Waals surface area contributed by atoms with Crippen LogP contribution in [0.5, 0.6) is 0 Å². The first-order valence-corrected chi connectivity index (χ1v) is 12.6. The summed E-state index contributed by atoms with van der Waals surface area (Å²) in [7, 11) is 0.669. The first-order chi connectivity index (χ1) is 14.8. The Kier molecular flexibility index (Phi) is 5.87. The number of hydrogen-bond acceptors (Lipinski definition) is 6. The number of aromatic nitrogens is 3. The second-order valence-electron chi connectivity index (χ2n) is 8.69. The molecule has 0 spiro atoms. The number of nitrogens with zero attached hydrogens (tertiary/aromatic N) is 5. The molecule has 0 bridgehead atoms. The first kappa shape index (κ1) is 21.9. The highest BCUT2D eigenvalue weighted by Gasteiger charge is 2.51. The number of hydrogen-bond donors (Lipinski definition) is 0. The van der Waals surface area contributed by atoms with Gasteiger partial charge in [0.05, 0.1) is 20.7 Å². The Morgan fingerprint density at radius 3 is 2.65 bits per heavy atom. The van der Waals surface area contributed by atoms with Crippen molar-refractivity contribution in [2.75, 3.05) is 33.1 Å². The van der Waals surface area contributed by atoms with Crippen LogP contribution in [-0.2, 0) is 26.3 Å². The normalized spacial score (nSPS) is 20.4. The van der Waals surface area contributed by atoms with Crippen LogP contribution >= 0.6 is 0 Å². The fourth-order valence-electron chi connectivity index (χ4n) is 4.31. The van der Waals surface area contributed by atoms with Gasteiger partial charge in [0.15, 0.2) is 0 Å². The van der Waals surface area contributed by atoms with Crippen molar-refractivity contribution < 1.29 is 18.5 Å². The molecule has 168 valence electrons. The first-order valence-electron chi connectivity index (χ1n) is 10.6. The van der Waals surface area contributed by atoms with Gasteiger partial charge in [-0.15, -0.1) is 5.10 Å². The summed E-state index contributed by atoms with van der Waals surface area (Å²) in [5, 5.41) is 7.72. The standard InChI is InChI=1S/C21H29N5O4S/c1-25-18-14-15(4-5-17(18)22-24-25)19(27)23-31(3,29)16-6-11-26(12-7-16)20(28)21(8-9-21)10-13-30-2/h4-5,14,16H,6-13H2,1-3H3. The Bertz CT molecular complexity index is 1120. The van der Waals surface area contributed by atoms with Crippen molar-refractivity contribution in [1.82, 2.24) is 19.9 Å². The van der Waals surface area contributed by atoms with Gasteiger partial charge in [-0.3, -0.25) is 9.59 Å². The Morgan fingerprint density at radius 2 is 2.00 bits per heavy atom. The van der Waals surface area contributed by atoms with Gasteiger partial charge < -0.3 is 9.64 Å². The summed E-state index contributed by atoms with van der Waals surface area (Å²) in [5.74, 6) is -0.303. The maximum Gasteiger partial charge on any atom is 0.285 e. The third-order valence-electron chi connectivity index (χ3n) is 6.56. The van der Waals surface area contributed by atoms with E-state index in [2.05, 4.69) is 14.7 Å². The third-order valence-corrected chi connectivity index (χ3v) is 8.80. The van der Waals surface area contributed by atoms with E-state index in [9.17, 15) is 13.8 Å². The Balaban J connectivity index is 1.42. The molecule has 2 aliphatic rings. The molecule has 1 atom stereocenters. The molecule has 31 heavy (non-hydrogen) atoms. The zero-order valence-electron chi connectivity index (χ0n) is 18.2. The van der Waals surface area contributed by atoms with E-state index in [0.717, 1.165) is 24.8 Å². The molecular weight excluding hydrogens is 418 g/mol. The van der Waals surface area contributed by atoms with Crippen molar-refractivity contribution in [2.24, 2.45) is 16.8 Å². The molecule has 1 aliphatic carbocycles. The monoisotopic (exact) mass is 447 g/mol. The van der Waals surface area contributed by atoms with E-state index in [1.54, 1.807) is 43.3 Å². The Morgan fingerprint density at radius 1 is 1.29 bits per heavy atom. The maximum absolute atomic E-state index is 13.3. The molecule has 9 nitrogen and oxygen atoms in total. The van der Waals surface area contributed by atoms with Gasteiger partial charge in [0, 0.05) is 50.9 Å². The number of piperidine rings is 1. The van der Waals surface area contributed by atoms with Gasteiger partial charge in [0.25, 0.3) is 5.91 Å². The van der Waals surface area contributed by atoms with Crippen LogP contribution < -0.4 is 0 Å². The lowest BCUT2D eigenvalue weighted by molar-refractivity contribution is -0.138. The summed E-state index contributed by atoms with van der Waals surface area (Å²) < 4.78 is 24.1. The van der Waals surface area contributed by atoms with Crippen LogP contribution in [0.1, 0.15) is 42.5 Å². The highest BCUT2D eigenvalue weighted by atomic mass is 32.2. The number of rotatable bonds is 6. The SMILES string of the molecule is COCCC1(C(=O)N2CCC(S(C)(=O)=NC(=O)c3ccc4nnn(C)c4c3)CC2)CC1. The average molecular weight is 448 g/mol. The summed E-state index contributed by atoms with van der Waals surface area (Å²) >= 11 is 0. The number of fused-ring (bicyclic) bond motifs is 1. The smallest absolute Gasteiger partial charge is 0.285 e. The zero-order chi connectivity index (χ0) is 22.2. The molecule has 0 radical (unpaired) electrons. The molecule has 2 heterocycles. The van der Waals surface area contributed by atoms with Gasteiger partial charge in [-0.2, -0.15) is 4.36 Å². The minimum absolute atomic E-state index is 0.191. The molecule has 1 unspecified atom stereocenters. The van der Waals surface area contributed by atoms with Gasteiger partial charge >= 0.3 is 0 Å². The summed E-state index contributed by atoms with van der Waals surface area (Å²) in [4.78, 5) is 27.5. The van der Waals surface area contributed by atoms with E-state index in [1.165, 1.54) is 0 Å². The lowest BCUT2D eigenvalue weighted by Gasteiger charge is -2.34. The van der Waals surface area contributed by atoms with Crippen LogP contribution in [0.15, 0.2) is 22.6 Å². The minimum atomic E-state index is -2.73. The van der Waals surface area contributed by atoms with E-state index >= 15 is 0 Å². The van der Waals surface area contributed by atoms with Gasteiger partial charge in [-0.25, -0.2) is 8.89 Å². The molecule has 1 saturated heterocycles. The molecule has 0 N–H and O–H groups in total. The van der Waals surface area contributed by atoms with Crippen LogP contribution in [-0.4, -0.2) is 74.2 Å². The van der Waals surface area contributed by atoms with E-state index in [4.69, 9.17) is 4.74 Å². The van der Waals surface area contributed by atoms with Crippen LogP contribution in [0.2, 0.25) is 0 Å². The Labute approximate surface area is 182 Å². The van der Waals surface area contributed by atoms with Gasteiger partial charge in [0.1, 0.15) is 5.52 Å². The lowest BCUT2D eigenvalue weighted by atomic mass is 9.99. The van der Waals surface area contributed by atoms with Crippen LogP contribution in [0, 0.1) is 5.41 Å². The van der Waals surface area contributed by atoms with Crippen LogP contribution in [0.4, 0.5) is 0 Å². The van der Waals surface area contributed by atoms with Crippen LogP contribution in [0.3, 0.4) is 0 Å². The van der Waals surface area contributed by atoms with E-state index in [-0.39, 0.29) is 16.6 Å². The number of carbonyl (C=O) groups excluding carboxylic acids is 2. The number of methoxy groups -OCH3 is 1. The predicted octanol–water partition coefficient (Wildman–Crippen LogP) is 2.01. The molecule has 2 fully saturated rings. The van der Waals surface area contributed by atoms with Crippen LogP contribution in [0.25, 0.3) is 11.0 Å². The molecule has 2 amide bonds. The summed E-state index contributed by atoms with van der Waals surface area (Å²) in [6.45, 7) is 1.70. The van der Waals surface area contributed by atoms with Crippen molar-refractivity contribution in [3.05, 3.63) is 23.8 Å². The van der Waals surface area contributed by atoms with Gasteiger partial charge in [-0.1, -0.05) is 5.21 Å². The number of amides is 2. The largest absolute Gasteiger partial charge is 0.385 e. The maximum atomic E-state index is 13.3. The quantitative estimate of drug-likeness (QED) is 0.671. The van der Waals surface area contributed by atoms with Crippen molar-refractivity contribution in [1.29, 1.82) is 0 Å². The van der Waals surface area contributed by atoms with Gasteiger partial charge in [0.2, 0.25) is 5.91 Å². The number of likely N-dealkylation sites (tertiary alicyclic amines) is 1. The Hall–Kier alpha value is -2.33. The number of benzene rings is 1. The zero-order valence-corrected chi connectivity index (χ0v) is 19.1. The highest BCUT2D eigenvalue weighted by molar-refractivity contribution is 7.93. The van der Waals surface area contributed by atoms with Crippen molar-refractivity contribution in [3.63, 3.8) is 0 Å². The molecule has 10 heteroatoms. The molecule has 2 aromatic rings. The average Bonchev–Trinajstić information content (AvgIpc) is 3.47. The number of ether oxygens (including phenoxy) is 1. The van der Waals surface area contributed by atoms with E-state index in [0.29, 0.717) is 43.6 Å². The molecule has 1 saturated carbocycles. The van der Waals surface area contributed by atoms with Crippen molar-refractivity contribution in [3.8, 4) is 0 Å². The predicted molar refractivity (Wildman–Crippen MR) is 117 cm³/mol.